The second-order valence-electron chi connectivity index (χ2n) is 7.64. The zero-order valence-electron chi connectivity index (χ0n) is 16.8. The van der Waals surface area contributed by atoms with Crippen molar-refractivity contribution < 1.29 is 22.3 Å². The maximum absolute atomic E-state index is 12.5. The molecular formula is C19H33N2O4S+. The number of benzene rings is 1. The SMILES string of the molecule is CC(C)CC(=O)N(CC[NH+](C)C)Cc1ccc(OS(=O)(=O)C(C)C)cc1. The maximum Gasteiger partial charge on any atom is 0.311 e. The highest BCUT2D eigenvalue weighted by atomic mass is 32.2. The molecule has 1 aromatic carbocycles. The molecule has 6 nitrogen and oxygen atoms in total. The summed E-state index contributed by atoms with van der Waals surface area (Å²) in [6.45, 7) is 9.30. The molecule has 0 aliphatic rings. The molecule has 0 radical (unpaired) electrons. The molecule has 1 amide bonds. The minimum absolute atomic E-state index is 0.143. The summed E-state index contributed by atoms with van der Waals surface area (Å²) >= 11 is 0. The predicted molar refractivity (Wildman–Crippen MR) is 104 cm³/mol. The summed E-state index contributed by atoms with van der Waals surface area (Å²) < 4.78 is 28.7. The lowest BCUT2D eigenvalue weighted by Gasteiger charge is -2.24. The van der Waals surface area contributed by atoms with Crippen molar-refractivity contribution in [1.29, 1.82) is 0 Å². The van der Waals surface area contributed by atoms with E-state index >= 15 is 0 Å². The van der Waals surface area contributed by atoms with E-state index in [1.807, 2.05) is 30.9 Å². The van der Waals surface area contributed by atoms with Gasteiger partial charge in [0, 0.05) is 13.0 Å². The van der Waals surface area contributed by atoms with Crippen LogP contribution in [0.2, 0.25) is 0 Å². The second kappa shape index (κ2) is 9.92. The highest BCUT2D eigenvalue weighted by Crippen LogP contribution is 2.18. The lowest BCUT2D eigenvalue weighted by atomic mass is 10.1. The van der Waals surface area contributed by atoms with Gasteiger partial charge in [0.25, 0.3) is 0 Å². The van der Waals surface area contributed by atoms with Crippen LogP contribution in [0.25, 0.3) is 0 Å². The summed E-state index contributed by atoms with van der Waals surface area (Å²) in [4.78, 5) is 15.7. The van der Waals surface area contributed by atoms with E-state index < -0.39 is 15.4 Å². The molecule has 1 rings (SSSR count). The van der Waals surface area contributed by atoms with Gasteiger partial charge in [0.1, 0.15) is 5.75 Å². The van der Waals surface area contributed by atoms with E-state index in [-0.39, 0.29) is 5.91 Å². The Bertz CT molecular complexity index is 667. The number of rotatable bonds is 10. The van der Waals surface area contributed by atoms with Crippen molar-refractivity contribution >= 4 is 16.0 Å². The Kier molecular flexibility index (Phi) is 8.56. The quantitative estimate of drug-likeness (QED) is 0.617. The Morgan fingerprint density at radius 2 is 1.69 bits per heavy atom. The summed E-state index contributed by atoms with van der Waals surface area (Å²) in [7, 11) is 0.524. The van der Waals surface area contributed by atoms with Crippen molar-refractivity contribution in [3.8, 4) is 5.75 Å². The molecule has 0 bridgehead atoms. The monoisotopic (exact) mass is 385 g/mol. The first-order chi connectivity index (χ1) is 12.0. The number of carbonyl (C=O) groups is 1. The molecule has 7 heteroatoms. The number of hydrogen-bond donors (Lipinski definition) is 1. The van der Waals surface area contributed by atoms with E-state index in [2.05, 4.69) is 14.1 Å². The van der Waals surface area contributed by atoms with Gasteiger partial charge in [-0.05, 0) is 37.5 Å². The topological polar surface area (TPSA) is 68.1 Å². The minimum atomic E-state index is -3.60. The van der Waals surface area contributed by atoms with Gasteiger partial charge in [-0.25, -0.2) is 0 Å². The molecule has 0 heterocycles. The van der Waals surface area contributed by atoms with Crippen LogP contribution < -0.4 is 9.08 Å². The molecule has 1 N–H and O–H groups in total. The van der Waals surface area contributed by atoms with E-state index in [4.69, 9.17) is 4.18 Å². The van der Waals surface area contributed by atoms with Crippen LogP contribution in [0.3, 0.4) is 0 Å². The lowest BCUT2D eigenvalue weighted by molar-refractivity contribution is -0.857. The van der Waals surface area contributed by atoms with Crippen LogP contribution in [0.15, 0.2) is 24.3 Å². The van der Waals surface area contributed by atoms with Crippen LogP contribution >= 0.6 is 0 Å². The summed E-state index contributed by atoms with van der Waals surface area (Å²) in [5, 5.41) is -0.597. The average molecular weight is 386 g/mol. The zero-order valence-corrected chi connectivity index (χ0v) is 17.6. The van der Waals surface area contributed by atoms with Crippen molar-refractivity contribution in [2.75, 3.05) is 27.2 Å². The Morgan fingerprint density at radius 3 is 2.15 bits per heavy atom. The highest BCUT2D eigenvalue weighted by molar-refractivity contribution is 7.87. The minimum Gasteiger partial charge on any atom is -0.382 e. The highest BCUT2D eigenvalue weighted by Gasteiger charge is 2.19. The van der Waals surface area contributed by atoms with E-state index in [9.17, 15) is 13.2 Å². The standard InChI is InChI=1S/C19H32N2O4S/c1-15(2)13-19(22)21(12-11-20(5)6)14-17-7-9-18(10-8-17)25-26(23,24)16(3)4/h7-10,15-16H,11-14H2,1-6H3/p+1. The molecule has 0 aromatic heterocycles. The molecule has 0 unspecified atom stereocenters. The molecule has 0 aliphatic carbocycles. The lowest BCUT2D eigenvalue weighted by Crippen LogP contribution is -3.06. The Balaban J connectivity index is 2.82. The molecule has 148 valence electrons. The largest absolute Gasteiger partial charge is 0.382 e. The van der Waals surface area contributed by atoms with E-state index in [1.165, 1.54) is 4.90 Å². The number of amides is 1. The fraction of sp³-hybridized carbons (Fsp3) is 0.632. The third kappa shape index (κ3) is 7.74. The first-order valence-electron chi connectivity index (χ1n) is 9.10. The van der Waals surface area contributed by atoms with Crippen LogP contribution in [-0.2, 0) is 21.5 Å². The van der Waals surface area contributed by atoms with Gasteiger partial charge in [-0.15, -0.1) is 0 Å². The van der Waals surface area contributed by atoms with E-state index in [0.717, 1.165) is 12.1 Å². The predicted octanol–water partition coefficient (Wildman–Crippen LogP) is 1.32. The van der Waals surface area contributed by atoms with Crippen molar-refractivity contribution in [2.24, 2.45) is 5.92 Å². The summed E-state index contributed by atoms with van der Waals surface area (Å²) in [5.41, 5.74) is 0.949. The first-order valence-corrected chi connectivity index (χ1v) is 10.6. The fourth-order valence-electron chi connectivity index (χ4n) is 2.23. The molecule has 0 aliphatic heterocycles. The van der Waals surface area contributed by atoms with Crippen molar-refractivity contribution in [3.63, 3.8) is 0 Å². The summed E-state index contributed by atoms with van der Waals surface area (Å²) in [6.07, 6.45) is 0.524. The Hall–Kier alpha value is -1.60. The van der Waals surface area contributed by atoms with E-state index in [1.54, 1.807) is 26.0 Å². The van der Waals surface area contributed by atoms with Crippen LogP contribution in [0.1, 0.15) is 39.7 Å². The van der Waals surface area contributed by atoms with Gasteiger partial charge in [0.15, 0.2) is 0 Å². The van der Waals surface area contributed by atoms with Crippen LogP contribution in [0.4, 0.5) is 0 Å². The van der Waals surface area contributed by atoms with Crippen LogP contribution in [0, 0.1) is 5.92 Å². The van der Waals surface area contributed by atoms with Gasteiger partial charge < -0.3 is 14.0 Å². The van der Waals surface area contributed by atoms with Crippen LogP contribution in [-0.4, -0.2) is 51.7 Å². The normalized spacial score (nSPS) is 12.0. The molecular weight excluding hydrogens is 352 g/mol. The van der Waals surface area contributed by atoms with Crippen molar-refractivity contribution in [2.45, 2.75) is 45.9 Å². The van der Waals surface area contributed by atoms with Gasteiger partial charge in [-0.3, -0.25) is 4.79 Å². The number of nitrogens with one attached hydrogen (secondary N) is 1. The Morgan fingerprint density at radius 1 is 1.12 bits per heavy atom. The zero-order chi connectivity index (χ0) is 19.9. The van der Waals surface area contributed by atoms with Gasteiger partial charge in [0.05, 0.1) is 32.4 Å². The van der Waals surface area contributed by atoms with Gasteiger partial charge in [-0.1, -0.05) is 26.0 Å². The molecule has 1 aromatic rings. The Labute approximate surface area is 158 Å². The van der Waals surface area contributed by atoms with Crippen molar-refractivity contribution in [1.82, 2.24) is 4.90 Å². The number of likely N-dealkylation sites (N-methyl/N-ethyl adjacent to an activating group) is 1. The molecule has 0 atom stereocenters. The number of carbonyl (C=O) groups excluding carboxylic acids is 1. The molecule has 0 saturated heterocycles. The third-order valence-corrected chi connectivity index (χ3v) is 5.48. The van der Waals surface area contributed by atoms with Gasteiger partial charge in [0.2, 0.25) is 5.91 Å². The number of nitrogens with zero attached hydrogens (tertiary/aromatic N) is 1. The average Bonchev–Trinajstić information content (AvgIpc) is 2.51. The maximum atomic E-state index is 12.5. The smallest absolute Gasteiger partial charge is 0.311 e. The fourth-order valence-corrected chi connectivity index (χ4v) is 2.80. The molecule has 0 saturated carbocycles. The molecule has 26 heavy (non-hydrogen) atoms. The van der Waals surface area contributed by atoms with Gasteiger partial charge >= 0.3 is 10.1 Å². The van der Waals surface area contributed by atoms with Crippen LogP contribution in [0.5, 0.6) is 5.75 Å². The number of quaternary nitrogens is 1. The molecule has 0 fully saturated rings. The van der Waals surface area contributed by atoms with Crippen molar-refractivity contribution in [3.05, 3.63) is 29.8 Å². The third-order valence-electron chi connectivity index (χ3n) is 3.90. The van der Waals surface area contributed by atoms with E-state index in [0.29, 0.717) is 31.2 Å². The first kappa shape index (κ1) is 22.4. The second-order valence-corrected chi connectivity index (χ2v) is 9.73. The molecule has 0 spiro atoms. The van der Waals surface area contributed by atoms with Gasteiger partial charge in [-0.2, -0.15) is 8.42 Å². The number of hydrogen-bond acceptors (Lipinski definition) is 4. The summed E-state index contributed by atoms with van der Waals surface area (Å²) in [5.74, 6) is 0.748. The summed E-state index contributed by atoms with van der Waals surface area (Å²) in [6, 6.07) is 6.89.